The molecule has 1 saturated carbocycles. The number of aliphatic carboxylic acids is 1. The molecule has 0 aromatic carbocycles. The van der Waals surface area contributed by atoms with Crippen LogP contribution in [0.1, 0.15) is 65.2 Å². The van der Waals surface area contributed by atoms with Crippen LogP contribution < -0.4 is 5.32 Å². The van der Waals surface area contributed by atoms with E-state index in [0.29, 0.717) is 25.3 Å². The molecule has 0 aromatic heterocycles. The number of unbranched alkanes of at least 4 members (excludes halogenated alkanes) is 1. The number of hydrogen-bond acceptors (Lipinski definition) is 2. The lowest BCUT2D eigenvalue weighted by Crippen LogP contribution is -2.41. The zero-order chi connectivity index (χ0) is 15.0. The summed E-state index contributed by atoms with van der Waals surface area (Å²) >= 11 is 0. The molecule has 0 saturated heterocycles. The maximum atomic E-state index is 12.2. The second-order valence-electron chi connectivity index (χ2n) is 6.00. The van der Waals surface area contributed by atoms with Crippen LogP contribution in [0.4, 0.5) is 0 Å². The lowest BCUT2D eigenvalue weighted by molar-refractivity contribution is -0.148. The van der Waals surface area contributed by atoms with Gasteiger partial charge in [-0.1, -0.05) is 46.0 Å². The summed E-state index contributed by atoms with van der Waals surface area (Å²) in [6.07, 6.45) is 7.82. The van der Waals surface area contributed by atoms with Crippen molar-refractivity contribution in [2.24, 2.45) is 17.8 Å². The standard InChI is InChI=1S/C16H29NO3/c1-3-5-8-12(4-2)11-17-15(18)13-9-6-7-10-14(13)16(19)20/h12-14H,3-11H2,1-2H3,(H,17,18)(H,19,20)/t12?,13-,14+/m1/s1. The highest BCUT2D eigenvalue weighted by Crippen LogP contribution is 2.30. The minimum absolute atomic E-state index is 0.0490. The van der Waals surface area contributed by atoms with Crippen molar-refractivity contribution < 1.29 is 14.7 Å². The van der Waals surface area contributed by atoms with Gasteiger partial charge in [0.1, 0.15) is 0 Å². The van der Waals surface area contributed by atoms with Gasteiger partial charge in [-0.05, 0) is 25.2 Å². The minimum Gasteiger partial charge on any atom is -0.481 e. The van der Waals surface area contributed by atoms with Crippen LogP contribution in [0.5, 0.6) is 0 Å². The maximum absolute atomic E-state index is 12.2. The molecule has 1 rings (SSSR count). The number of carboxylic acids is 1. The SMILES string of the molecule is CCCCC(CC)CNC(=O)[C@@H]1CCCC[C@@H]1C(=O)O. The number of rotatable bonds is 8. The van der Waals surface area contributed by atoms with Crippen molar-refractivity contribution in [1.82, 2.24) is 5.32 Å². The molecule has 0 spiro atoms. The Hall–Kier alpha value is -1.06. The summed E-state index contributed by atoms with van der Waals surface area (Å²) in [6, 6.07) is 0. The third-order valence-corrected chi connectivity index (χ3v) is 4.53. The fourth-order valence-corrected chi connectivity index (χ4v) is 3.06. The van der Waals surface area contributed by atoms with Gasteiger partial charge in [0.05, 0.1) is 11.8 Å². The first-order valence-corrected chi connectivity index (χ1v) is 8.10. The van der Waals surface area contributed by atoms with E-state index in [-0.39, 0.29) is 11.8 Å². The molecule has 0 radical (unpaired) electrons. The summed E-state index contributed by atoms with van der Waals surface area (Å²) in [5.74, 6) is -1.16. The van der Waals surface area contributed by atoms with E-state index < -0.39 is 11.9 Å². The van der Waals surface area contributed by atoms with E-state index in [1.165, 1.54) is 12.8 Å². The minimum atomic E-state index is -0.817. The molecule has 1 aliphatic rings. The molecule has 1 amide bonds. The fourth-order valence-electron chi connectivity index (χ4n) is 3.06. The second kappa shape index (κ2) is 8.98. The van der Waals surface area contributed by atoms with Crippen molar-refractivity contribution in [3.05, 3.63) is 0 Å². The third-order valence-electron chi connectivity index (χ3n) is 4.53. The average Bonchev–Trinajstić information content (AvgIpc) is 2.47. The van der Waals surface area contributed by atoms with Crippen LogP contribution in [-0.2, 0) is 9.59 Å². The zero-order valence-corrected chi connectivity index (χ0v) is 12.9. The van der Waals surface area contributed by atoms with Gasteiger partial charge in [0.15, 0.2) is 0 Å². The summed E-state index contributed by atoms with van der Waals surface area (Å²) in [6.45, 7) is 5.01. The molecule has 0 aliphatic heterocycles. The lowest BCUT2D eigenvalue weighted by atomic mass is 9.78. The van der Waals surface area contributed by atoms with Gasteiger partial charge in [0.2, 0.25) is 5.91 Å². The van der Waals surface area contributed by atoms with Gasteiger partial charge in [0, 0.05) is 6.54 Å². The van der Waals surface area contributed by atoms with Crippen molar-refractivity contribution >= 4 is 11.9 Å². The Morgan fingerprint density at radius 2 is 1.85 bits per heavy atom. The van der Waals surface area contributed by atoms with Crippen molar-refractivity contribution in [3.8, 4) is 0 Å². The molecule has 0 bridgehead atoms. The topological polar surface area (TPSA) is 66.4 Å². The van der Waals surface area contributed by atoms with Crippen LogP contribution in [0.2, 0.25) is 0 Å². The molecule has 4 nitrogen and oxygen atoms in total. The predicted molar refractivity (Wildman–Crippen MR) is 79.4 cm³/mol. The second-order valence-corrected chi connectivity index (χ2v) is 6.00. The van der Waals surface area contributed by atoms with E-state index in [4.69, 9.17) is 0 Å². The van der Waals surface area contributed by atoms with Crippen LogP contribution >= 0.6 is 0 Å². The number of carbonyl (C=O) groups excluding carboxylic acids is 1. The zero-order valence-electron chi connectivity index (χ0n) is 12.9. The molecular formula is C16H29NO3. The van der Waals surface area contributed by atoms with Crippen LogP contribution in [0.15, 0.2) is 0 Å². The molecule has 0 heterocycles. The first-order chi connectivity index (χ1) is 9.60. The smallest absolute Gasteiger partial charge is 0.307 e. The summed E-state index contributed by atoms with van der Waals surface area (Å²) in [5.41, 5.74) is 0. The highest BCUT2D eigenvalue weighted by atomic mass is 16.4. The monoisotopic (exact) mass is 283 g/mol. The van der Waals surface area contributed by atoms with Gasteiger partial charge < -0.3 is 10.4 Å². The number of hydrogen-bond donors (Lipinski definition) is 2. The van der Waals surface area contributed by atoms with Crippen molar-refractivity contribution in [1.29, 1.82) is 0 Å². The van der Waals surface area contributed by atoms with Crippen molar-refractivity contribution in [2.75, 3.05) is 6.54 Å². The van der Waals surface area contributed by atoms with Gasteiger partial charge in [-0.3, -0.25) is 9.59 Å². The molecular weight excluding hydrogens is 254 g/mol. The Balaban J connectivity index is 2.45. The maximum Gasteiger partial charge on any atom is 0.307 e. The van der Waals surface area contributed by atoms with Crippen LogP contribution in [0.3, 0.4) is 0 Å². The largest absolute Gasteiger partial charge is 0.481 e. The highest BCUT2D eigenvalue weighted by Gasteiger charge is 2.35. The molecule has 116 valence electrons. The number of nitrogens with one attached hydrogen (secondary N) is 1. The van der Waals surface area contributed by atoms with Gasteiger partial charge >= 0.3 is 5.97 Å². The molecule has 2 N–H and O–H groups in total. The number of carboxylic acid groups (broad SMARTS) is 1. The normalized spacial score (nSPS) is 24.1. The fraction of sp³-hybridized carbons (Fsp3) is 0.875. The van der Waals surface area contributed by atoms with Gasteiger partial charge in [0.25, 0.3) is 0 Å². The molecule has 1 unspecified atom stereocenters. The highest BCUT2D eigenvalue weighted by molar-refractivity contribution is 5.84. The van der Waals surface area contributed by atoms with E-state index in [1.807, 2.05) is 0 Å². The van der Waals surface area contributed by atoms with Crippen LogP contribution in [0, 0.1) is 17.8 Å². The van der Waals surface area contributed by atoms with Gasteiger partial charge in [-0.2, -0.15) is 0 Å². The average molecular weight is 283 g/mol. The summed E-state index contributed by atoms with van der Waals surface area (Å²) in [7, 11) is 0. The molecule has 20 heavy (non-hydrogen) atoms. The Morgan fingerprint density at radius 1 is 1.20 bits per heavy atom. The predicted octanol–water partition coefficient (Wildman–Crippen LogP) is 3.21. The quantitative estimate of drug-likeness (QED) is 0.719. The van der Waals surface area contributed by atoms with Crippen LogP contribution in [-0.4, -0.2) is 23.5 Å². The molecule has 1 aliphatic carbocycles. The van der Waals surface area contributed by atoms with E-state index in [9.17, 15) is 14.7 Å². The first-order valence-electron chi connectivity index (χ1n) is 8.10. The summed E-state index contributed by atoms with van der Waals surface area (Å²) in [4.78, 5) is 23.5. The van der Waals surface area contributed by atoms with Gasteiger partial charge in [-0.25, -0.2) is 0 Å². The third kappa shape index (κ3) is 5.14. The van der Waals surface area contributed by atoms with E-state index in [1.54, 1.807) is 0 Å². The van der Waals surface area contributed by atoms with E-state index >= 15 is 0 Å². The number of amides is 1. The Kier molecular flexibility index (Phi) is 7.63. The summed E-state index contributed by atoms with van der Waals surface area (Å²) < 4.78 is 0. The van der Waals surface area contributed by atoms with Gasteiger partial charge in [-0.15, -0.1) is 0 Å². The van der Waals surface area contributed by atoms with E-state index in [0.717, 1.165) is 25.7 Å². The number of carbonyl (C=O) groups is 2. The Bertz CT molecular complexity index is 317. The Morgan fingerprint density at radius 3 is 2.40 bits per heavy atom. The molecule has 3 atom stereocenters. The first kappa shape index (κ1) is 17.0. The summed E-state index contributed by atoms with van der Waals surface area (Å²) in [5, 5.41) is 12.2. The van der Waals surface area contributed by atoms with Crippen molar-refractivity contribution in [3.63, 3.8) is 0 Å². The van der Waals surface area contributed by atoms with Crippen LogP contribution in [0.25, 0.3) is 0 Å². The molecule has 1 fully saturated rings. The van der Waals surface area contributed by atoms with E-state index in [2.05, 4.69) is 19.2 Å². The lowest BCUT2D eigenvalue weighted by Gasteiger charge is -2.28. The Labute approximate surface area is 122 Å². The molecule has 0 aromatic rings. The molecule has 4 heteroatoms. The van der Waals surface area contributed by atoms with Crippen molar-refractivity contribution in [2.45, 2.75) is 65.2 Å².